The van der Waals surface area contributed by atoms with E-state index in [4.69, 9.17) is 4.98 Å². The van der Waals surface area contributed by atoms with Crippen molar-refractivity contribution in [1.29, 1.82) is 5.26 Å². The van der Waals surface area contributed by atoms with Crippen LogP contribution in [0.25, 0.3) is 5.69 Å². The number of thioether (sulfide) groups is 1. The number of rotatable bonds is 7. The fraction of sp³-hybridized carbons (Fsp3) is 0.241. The summed E-state index contributed by atoms with van der Waals surface area (Å²) >= 11 is 1.30. The summed E-state index contributed by atoms with van der Waals surface area (Å²) in [5.74, 6) is 0.491. The number of aromatic amines is 1. The third kappa shape index (κ3) is 5.37. The quantitative estimate of drug-likeness (QED) is 0.333. The van der Waals surface area contributed by atoms with Crippen molar-refractivity contribution in [2.24, 2.45) is 0 Å². The van der Waals surface area contributed by atoms with Gasteiger partial charge >= 0.3 is 0 Å². The number of nitrogens with one attached hydrogen (secondary N) is 2. The van der Waals surface area contributed by atoms with Crippen LogP contribution >= 0.6 is 11.8 Å². The standard InChI is InChI=1S/C29H27N5O2S/c1-2-25(28(36)32-26-17-27(35)34(33-26)23-11-7-4-8-12-23)37-29-22(18-30)16-21-15-20(13-14-24(21)31-29)19-9-5-3-6-10-19/h3-12,16-17,20,25,33H,2,13-15H2,1H3,(H,32,36). The molecule has 2 atom stereocenters. The number of hydrogen-bond acceptors (Lipinski definition) is 5. The van der Waals surface area contributed by atoms with Gasteiger partial charge in [-0.25, -0.2) is 9.67 Å². The number of para-hydroxylation sites is 1. The van der Waals surface area contributed by atoms with Gasteiger partial charge in [0.25, 0.3) is 5.56 Å². The van der Waals surface area contributed by atoms with Gasteiger partial charge in [0.15, 0.2) is 0 Å². The van der Waals surface area contributed by atoms with Crippen LogP contribution in [-0.4, -0.2) is 25.9 Å². The molecule has 4 aromatic rings. The van der Waals surface area contributed by atoms with E-state index in [1.165, 1.54) is 28.1 Å². The Balaban J connectivity index is 1.32. The van der Waals surface area contributed by atoms with Gasteiger partial charge in [-0.05, 0) is 60.9 Å². The van der Waals surface area contributed by atoms with Crippen LogP contribution in [0.5, 0.6) is 0 Å². The SMILES string of the molecule is CCC(Sc1nc2c(cc1C#N)CC(c1ccccc1)CC2)C(=O)Nc1cc(=O)n(-c2ccccc2)[nH]1. The molecule has 2 aromatic heterocycles. The third-order valence-corrected chi connectivity index (χ3v) is 8.02. The maximum absolute atomic E-state index is 13.1. The van der Waals surface area contributed by atoms with Gasteiger partial charge in [0, 0.05) is 11.8 Å². The van der Waals surface area contributed by atoms with Gasteiger partial charge in [-0.3, -0.25) is 14.7 Å². The van der Waals surface area contributed by atoms with Gasteiger partial charge in [0.05, 0.1) is 16.5 Å². The topological polar surface area (TPSA) is 104 Å². The molecule has 2 heterocycles. The first-order valence-electron chi connectivity index (χ1n) is 12.4. The summed E-state index contributed by atoms with van der Waals surface area (Å²) in [5.41, 5.74) is 4.34. The maximum atomic E-state index is 13.1. The number of benzene rings is 2. The van der Waals surface area contributed by atoms with Crippen molar-refractivity contribution < 1.29 is 4.79 Å². The summed E-state index contributed by atoms with van der Waals surface area (Å²) in [6.45, 7) is 1.92. The van der Waals surface area contributed by atoms with Crippen molar-refractivity contribution >= 4 is 23.5 Å². The molecule has 1 amide bonds. The molecule has 0 aliphatic heterocycles. The number of anilines is 1. The van der Waals surface area contributed by atoms with Gasteiger partial charge in [0.2, 0.25) is 5.91 Å². The molecular weight excluding hydrogens is 482 g/mol. The number of aromatic nitrogens is 3. The summed E-state index contributed by atoms with van der Waals surface area (Å²) in [5, 5.41) is 15.7. The van der Waals surface area contributed by atoms with E-state index in [-0.39, 0.29) is 11.5 Å². The van der Waals surface area contributed by atoms with Crippen molar-refractivity contribution in [2.75, 3.05) is 5.32 Å². The molecule has 0 fully saturated rings. The predicted octanol–water partition coefficient (Wildman–Crippen LogP) is 5.21. The summed E-state index contributed by atoms with van der Waals surface area (Å²) < 4.78 is 1.38. The lowest BCUT2D eigenvalue weighted by molar-refractivity contribution is -0.115. The normalized spacial score (nSPS) is 15.4. The van der Waals surface area contributed by atoms with E-state index in [0.29, 0.717) is 34.4 Å². The minimum Gasteiger partial charge on any atom is -0.310 e. The molecule has 2 N–H and O–H groups in total. The molecule has 2 aromatic carbocycles. The van der Waals surface area contributed by atoms with Gasteiger partial charge in [0.1, 0.15) is 16.9 Å². The van der Waals surface area contributed by atoms with E-state index in [1.54, 1.807) is 12.1 Å². The molecule has 186 valence electrons. The van der Waals surface area contributed by atoms with Crippen molar-refractivity contribution in [3.05, 3.63) is 106 Å². The number of carbonyl (C=O) groups is 1. The van der Waals surface area contributed by atoms with Crippen LogP contribution in [-0.2, 0) is 17.6 Å². The van der Waals surface area contributed by atoms with Crippen LogP contribution in [0.3, 0.4) is 0 Å². The second kappa shape index (κ2) is 10.9. The average molecular weight is 510 g/mol. The van der Waals surface area contributed by atoms with Crippen LogP contribution in [0.4, 0.5) is 5.82 Å². The number of aryl methyl sites for hydroxylation is 1. The van der Waals surface area contributed by atoms with Gasteiger partial charge < -0.3 is 5.32 Å². The van der Waals surface area contributed by atoms with Crippen molar-refractivity contribution in [2.45, 2.75) is 48.8 Å². The molecule has 8 heteroatoms. The highest BCUT2D eigenvalue weighted by molar-refractivity contribution is 8.00. The van der Waals surface area contributed by atoms with Crippen molar-refractivity contribution in [3.8, 4) is 11.8 Å². The Bertz CT molecular complexity index is 1510. The number of nitriles is 1. The maximum Gasteiger partial charge on any atom is 0.273 e. The summed E-state index contributed by atoms with van der Waals surface area (Å²) in [6, 6.07) is 25.2. The number of hydrogen-bond donors (Lipinski definition) is 2. The predicted molar refractivity (Wildman–Crippen MR) is 145 cm³/mol. The molecule has 0 saturated heterocycles. The van der Waals surface area contributed by atoms with Crippen LogP contribution in [0, 0.1) is 11.3 Å². The second-order valence-electron chi connectivity index (χ2n) is 9.09. The molecule has 1 aliphatic rings. The van der Waals surface area contributed by atoms with E-state index in [0.717, 1.165) is 30.5 Å². The number of carbonyl (C=O) groups excluding carboxylic acids is 1. The Morgan fingerprint density at radius 1 is 1.19 bits per heavy atom. The lowest BCUT2D eigenvalue weighted by Crippen LogP contribution is -2.25. The molecule has 0 bridgehead atoms. The van der Waals surface area contributed by atoms with E-state index in [9.17, 15) is 14.9 Å². The Labute approximate surface area is 219 Å². The molecular formula is C29H27N5O2S. The van der Waals surface area contributed by atoms with E-state index < -0.39 is 5.25 Å². The second-order valence-corrected chi connectivity index (χ2v) is 10.3. The lowest BCUT2D eigenvalue weighted by atomic mass is 9.82. The largest absolute Gasteiger partial charge is 0.310 e. The van der Waals surface area contributed by atoms with E-state index in [1.807, 2.05) is 37.3 Å². The fourth-order valence-electron chi connectivity index (χ4n) is 4.72. The molecule has 7 nitrogen and oxygen atoms in total. The molecule has 2 unspecified atom stereocenters. The highest BCUT2D eigenvalue weighted by Gasteiger charge is 2.26. The fourth-order valence-corrected chi connectivity index (χ4v) is 5.72. The number of H-pyrrole nitrogens is 1. The van der Waals surface area contributed by atoms with Gasteiger partial charge in [-0.2, -0.15) is 5.26 Å². The van der Waals surface area contributed by atoms with Gasteiger partial charge in [-0.15, -0.1) is 0 Å². The molecule has 1 aliphatic carbocycles. The van der Waals surface area contributed by atoms with Crippen LogP contribution in [0.15, 0.2) is 82.6 Å². The van der Waals surface area contributed by atoms with Crippen LogP contribution < -0.4 is 10.9 Å². The monoisotopic (exact) mass is 509 g/mol. The van der Waals surface area contributed by atoms with Crippen molar-refractivity contribution in [1.82, 2.24) is 14.8 Å². The molecule has 37 heavy (non-hydrogen) atoms. The van der Waals surface area contributed by atoms with E-state index >= 15 is 0 Å². The van der Waals surface area contributed by atoms with Crippen molar-refractivity contribution in [3.63, 3.8) is 0 Å². The summed E-state index contributed by atoms with van der Waals surface area (Å²) in [7, 11) is 0. The first-order chi connectivity index (χ1) is 18.1. The Morgan fingerprint density at radius 2 is 1.92 bits per heavy atom. The van der Waals surface area contributed by atoms with Crippen LogP contribution in [0.1, 0.15) is 48.1 Å². The summed E-state index contributed by atoms with van der Waals surface area (Å²) in [6.07, 6.45) is 3.24. The minimum absolute atomic E-state index is 0.249. The number of nitrogens with zero attached hydrogens (tertiary/aromatic N) is 3. The molecule has 5 rings (SSSR count). The Kier molecular flexibility index (Phi) is 7.24. The number of pyridine rings is 1. The zero-order valence-electron chi connectivity index (χ0n) is 20.5. The Morgan fingerprint density at radius 3 is 2.62 bits per heavy atom. The average Bonchev–Trinajstić information content (AvgIpc) is 3.31. The highest BCUT2D eigenvalue weighted by Crippen LogP contribution is 2.35. The number of amides is 1. The van der Waals surface area contributed by atoms with Crippen LogP contribution in [0.2, 0.25) is 0 Å². The minimum atomic E-state index is -0.470. The third-order valence-electron chi connectivity index (χ3n) is 6.65. The highest BCUT2D eigenvalue weighted by atomic mass is 32.2. The molecule has 0 radical (unpaired) electrons. The first kappa shape index (κ1) is 24.6. The summed E-state index contributed by atoms with van der Waals surface area (Å²) in [4.78, 5) is 30.4. The van der Waals surface area contributed by atoms with Gasteiger partial charge in [-0.1, -0.05) is 67.2 Å². The zero-order valence-corrected chi connectivity index (χ0v) is 21.3. The molecule has 0 spiro atoms. The Hall–Kier alpha value is -4.09. The zero-order chi connectivity index (χ0) is 25.8. The number of fused-ring (bicyclic) bond motifs is 1. The smallest absolute Gasteiger partial charge is 0.273 e. The van der Waals surface area contributed by atoms with E-state index in [2.05, 4.69) is 40.8 Å². The first-order valence-corrected chi connectivity index (χ1v) is 13.3. The lowest BCUT2D eigenvalue weighted by Gasteiger charge is -2.25. The molecule has 0 saturated carbocycles.